The van der Waals surface area contributed by atoms with Gasteiger partial charge < -0.3 is 15.0 Å². The number of carbonyl (C=O) groups is 1. The van der Waals surface area contributed by atoms with Crippen molar-refractivity contribution in [1.29, 1.82) is 5.26 Å². The molecule has 0 fully saturated rings. The van der Waals surface area contributed by atoms with Gasteiger partial charge in [0.2, 0.25) is 0 Å². The number of carbonyl (C=O) groups excluding carboxylic acids is 1. The lowest BCUT2D eigenvalue weighted by Gasteiger charge is -2.15. The van der Waals surface area contributed by atoms with E-state index in [0.29, 0.717) is 22.9 Å². The maximum atomic E-state index is 12.3. The number of methoxy groups -OCH3 is 1. The fraction of sp³-hybridized carbons (Fsp3) is 0.412. The second-order valence-corrected chi connectivity index (χ2v) is 5.94. The monoisotopic (exact) mass is 299 g/mol. The SMILES string of the molecule is COc1cc(C#N)cc2[nH]c(C(=O)NC(C)CC(C)C)cc12. The number of rotatable bonds is 5. The minimum absolute atomic E-state index is 0.107. The molecule has 1 unspecified atom stereocenters. The van der Waals surface area contributed by atoms with Crippen LogP contribution in [0.5, 0.6) is 5.75 Å². The van der Waals surface area contributed by atoms with Crippen molar-refractivity contribution in [3.05, 3.63) is 29.5 Å². The molecule has 2 rings (SSSR count). The van der Waals surface area contributed by atoms with Gasteiger partial charge in [0.15, 0.2) is 0 Å². The summed E-state index contributed by atoms with van der Waals surface area (Å²) in [7, 11) is 1.55. The number of fused-ring (bicyclic) bond motifs is 1. The maximum Gasteiger partial charge on any atom is 0.267 e. The summed E-state index contributed by atoms with van der Waals surface area (Å²) in [6.45, 7) is 6.24. The molecule has 0 aliphatic carbocycles. The van der Waals surface area contributed by atoms with E-state index in [2.05, 4.69) is 30.2 Å². The van der Waals surface area contributed by atoms with Gasteiger partial charge in [-0.2, -0.15) is 5.26 Å². The molecule has 0 bridgehead atoms. The Morgan fingerprint density at radius 1 is 1.36 bits per heavy atom. The molecule has 2 N–H and O–H groups in total. The first-order chi connectivity index (χ1) is 10.4. The van der Waals surface area contributed by atoms with E-state index in [1.165, 1.54) is 0 Å². The Kier molecular flexibility index (Phi) is 4.71. The van der Waals surface area contributed by atoms with Gasteiger partial charge in [0.05, 0.1) is 24.3 Å². The number of nitriles is 1. The lowest BCUT2D eigenvalue weighted by atomic mass is 10.1. The number of amides is 1. The summed E-state index contributed by atoms with van der Waals surface area (Å²) in [6.07, 6.45) is 0.924. The maximum absolute atomic E-state index is 12.3. The first-order valence-corrected chi connectivity index (χ1v) is 7.36. The molecule has 1 amide bonds. The zero-order chi connectivity index (χ0) is 16.3. The number of nitrogens with one attached hydrogen (secondary N) is 2. The average molecular weight is 299 g/mol. The van der Waals surface area contributed by atoms with Crippen LogP contribution in [0.4, 0.5) is 0 Å². The van der Waals surface area contributed by atoms with E-state index in [4.69, 9.17) is 10.00 Å². The molecule has 0 saturated carbocycles. The zero-order valence-corrected chi connectivity index (χ0v) is 13.4. The van der Waals surface area contributed by atoms with Crippen molar-refractivity contribution < 1.29 is 9.53 Å². The van der Waals surface area contributed by atoms with Crippen molar-refractivity contribution in [3.63, 3.8) is 0 Å². The van der Waals surface area contributed by atoms with Crippen LogP contribution in [0.1, 0.15) is 43.2 Å². The first-order valence-electron chi connectivity index (χ1n) is 7.36. The molecule has 1 aromatic carbocycles. The van der Waals surface area contributed by atoms with Crippen LogP contribution in [-0.2, 0) is 0 Å². The second-order valence-electron chi connectivity index (χ2n) is 5.94. The topological polar surface area (TPSA) is 77.9 Å². The van der Waals surface area contributed by atoms with E-state index < -0.39 is 0 Å². The molecule has 116 valence electrons. The van der Waals surface area contributed by atoms with Crippen LogP contribution in [0.2, 0.25) is 0 Å². The summed E-state index contributed by atoms with van der Waals surface area (Å²) in [6, 6.07) is 7.33. The number of benzene rings is 1. The van der Waals surface area contributed by atoms with Gasteiger partial charge in [-0.15, -0.1) is 0 Å². The van der Waals surface area contributed by atoms with Gasteiger partial charge in [-0.3, -0.25) is 4.79 Å². The van der Waals surface area contributed by atoms with E-state index in [1.807, 2.05) is 6.92 Å². The highest BCUT2D eigenvalue weighted by Crippen LogP contribution is 2.28. The summed E-state index contributed by atoms with van der Waals surface area (Å²) < 4.78 is 5.29. The Morgan fingerprint density at radius 2 is 2.09 bits per heavy atom. The van der Waals surface area contributed by atoms with Crippen molar-refractivity contribution in [3.8, 4) is 11.8 Å². The van der Waals surface area contributed by atoms with Gasteiger partial charge in [-0.05, 0) is 37.5 Å². The summed E-state index contributed by atoms with van der Waals surface area (Å²) in [5, 5.41) is 12.8. The lowest BCUT2D eigenvalue weighted by Crippen LogP contribution is -2.33. The summed E-state index contributed by atoms with van der Waals surface area (Å²) in [5.41, 5.74) is 1.68. The van der Waals surface area contributed by atoms with Gasteiger partial charge in [0.25, 0.3) is 5.91 Å². The van der Waals surface area contributed by atoms with Gasteiger partial charge in [0, 0.05) is 11.4 Å². The normalized spacial score (nSPS) is 12.2. The van der Waals surface area contributed by atoms with Crippen molar-refractivity contribution in [2.45, 2.75) is 33.2 Å². The fourth-order valence-corrected chi connectivity index (χ4v) is 2.63. The third-order valence-electron chi connectivity index (χ3n) is 3.50. The van der Waals surface area contributed by atoms with Crippen LogP contribution in [0, 0.1) is 17.2 Å². The van der Waals surface area contributed by atoms with Gasteiger partial charge in [-0.1, -0.05) is 13.8 Å². The standard InChI is InChI=1S/C17H21N3O2/c1-10(2)5-11(3)19-17(21)15-8-13-14(20-15)6-12(9-18)7-16(13)22-4/h6-8,10-11,20H,5H2,1-4H3,(H,19,21). The van der Waals surface area contributed by atoms with Crippen molar-refractivity contribution in [1.82, 2.24) is 10.3 Å². The highest BCUT2D eigenvalue weighted by atomic mass is 16.5. The number of hydrogen-bond acceptors (Lipinski definition) is 3. The second kappa shape index (κ2) is 6.52. The third kappa shape index (κ3) is 3.40. The Balaban J connectivity index is 2.29. The largest absolute Gasteiger partial charge is 0.496 e. The Morgan fingerprint density at radius 3 is 2.68 bits per heavy atom. The molecule has 0 aliphatic heterocycles. The number of aromatic nitrogens is 1. The lowest BCUT2D eigenvalue weighted by molar-refractivity contribution is 0.0932. The summed E-state index contributed by atoms with van der Waals surface area (Å²) >= 11 is 0. The minimum Gasteiger partial charge on any atom is -0.496 e. The molecule has 0 spiro atoms. The Bertz CT molecular complexity index is 725. The van der Waals surface area contributed by atoms with E-state index >= 15 is 0 Å². The molecule has 5 nitrogen and oxygen atoms in total. The molecular weight excluding hydrogens is 278 g/mol. The molecule has 1 aromatic heterocycles. The molecular formula is C17H21N3O2. The number of aromatic amines is 1. The molecule has 22 heavy (non-hydrogen) atoms. The third-order valence-corrected chi connectivity index (χ3v) is 3.50. The molecule has 5 heteroatoms. The van der Waals surface area contributed by atoms with Crippen molar-refractivity contribution in [2.24, 2.45) is 5.92 Å². The van der Waals surface area contributed by atoms with E-state index in [1.54, 1.807) is 25.3 Å². The molecule has 1 atom stereocenters. The molecule has 1 heterocycles. The van der Waals surface area contributed by atoms with Crippen LogP contribution in [0.15, 0.2) is 18.2 Å². The van der Waals surface area contributed by atoms with Crippen LogP contribution in [0.25, 0.3) is 10.9 Å². The average Bonchev–Trinajstić information content (AvgIpc) is 2.89. The zero-order valence-electron chi connectivity index (χ0n) is 13.4. The highest BCUT2D eigenvalue weighted by molar-refractivity contribution is 6.00. The predicted molar refractivity (Wildman–Crippen MR) is 85.9 cm³/mol. The summed E-state index contributed by atoms with van der Waals surface area (Å²) in [4.78, 5) is 15.4. The van der Waals surface area contributed by atoms with E-state index in [9.17, 15) is 4.79 Å². The Labute approximate surface area is 130 Å². The number of H-pyrrole nitrogens is 1. The predicted octanol–water partition coefficient (Wildman–Crippen LogP) is 3.21. The van der Waals surface area contributed by atoms with Crippen LogP contribution < -0.4 is 10.1 Å². The van der Waals surface area contributed by atoms with E-state index in [-0.39, 0.29) is 11.9 Å². The van der Waals surface area contributed by atoms with Crippen LogP contribution >= 0.6 is 0 Å². The van der Waals surface area contributed by atoms with E-state index in [0.717, 1.165) is 17.3 Å². The van der Waals surface area contributed by atoms with Crippen molar-refractivity contribution >= 4 is 16.8 Å². The molecule has 2 aromatic rings. The smallest absolute Gasteiger partial charge is 0.267 e. The molecule has 0 saturated heterocycles. The number of ether oxygens (including phenoxy) is 1. The van der Waals surface area contributed by atoms with Gasteiger partial charge in [-0.25, -0.2) is 0 Å². The number of nitrogens with zero attached hydrogens (tertiary/aromatic N) is 1. The first kappa shape index (κ1) is 15.9. The van der Waals surface area contributed by atoms with Crippen molar-refractivity contribution in [2.75, 3.05) is 7.11 Å². The fourth-order valence-electron chi connectivity index (χ4n) is 2.63. The molecule has 0 radical (unpaired) electrons. The molecule has 0 aliphatic rings. The summed E-state index contributed by atoms with van der Waals surface area (Å²) in [5.74, 6) is 0.959. The number of hydrogen-bond donors (Lipinski definition) is 2. The highest BCUT2D eigenvalue weighted by Gasteiger charge is 2.15. The van der Waals surface area contributed by atoms with Gasteiger partial charge in [0.1, 0.15) is 11.4 Å². The van der Waals surface area contributed by atoms with Gasteiger partial charge >= 0.3 is 0 Å². The quantitative estimate of drug-likeness (QED) is 0.889. The minimum atomic E-state index is -0.148. The Hall–Kier alpha value is -2.48. The van der Waals surface area contributed by atoms with Crippen LogP contribution in [0.3, 0.4) is 0 Å². The van der Waals surface area contributed by atoms with Crippen LogP contribution in [-0.4, -0.2) is 24.0 Å².